The van der Waals surface area contributed by atoms with Crippen molar-refractivity contribution in [2.24, 2.45) is 0 Å². The standard InChI is InChI=1S/C21H24N4O2S/c1-15-8-7-11-18(12-15)25-20(17-9-5-4-6-10-17)23-24-21(25)28-14-19(26)22-16(2)13-27-3/h4-12,16H,13-14H2,1-3H3,(H,22,26). The summed E-state index contributed by atoms with van der Waals surface area (Å²) in [6.45, 7) is 4.44. The number of nitrogens with zero attached hydrogens (tertiary/aromatic N) is 3. The van der Waals surface area contributed by atoms with Gasteiger partial charge in [0.1, 0.15) is 0 Å². The van der Waals surface area contributed by atoms with Crippen LogP contribution in [0.1, 0.15) is 12.5 Å². The predicted octanol–water partition coefficient (Wildman–Crippen LogP) is 3.49. The van der Waals surface area contributed by atoms with E-state index >= 15 is 0 Å². The molecule has 0 aliphatic carbocycles. The molecule has 0 fully saturated rings. The van der Waals surface area contributed by atoms with Crippen molar-refractivity contribution < 1.29 is 9.53 Å². The molecule has 1 amide bonds. The minimum atomic E-state index is -0.0606. The molecule has 1 N–H and O–H groups in total. The topological polar surface area (TPSA) is 69.0 Å². The van der Waals surface area contributed by atoms with Gasteiger partial charge in [0.05, 0.1) is 12.4 Å². The lowest BCUT2D eigenvalue weighted by Gasteiger charge is -2.13. The van der Waals surface area contributed by atoms with Crippen LogP contribution in [0.2, 0.25) is 0 Å². The molecule has 1 atom stereocenters. The van der Waals surface area contributed by atoms with Crippen LogP contribution in [0.15, 0.2) is 59.8 Å². The van der Waals surface area contributed by atoms with E-state index in [1.165, 1.54) is 11.8 Å². The van der Waals surface area contributed by atoms with Crippen LogP contribution < -0.4 is 5.32 Å². The van der Waals surface area contributed by atoms with Crippen molar-refractivity contribution in [1.82, 2.24) is 20.1 Å². The summed E-state index contributed by atoms with van der Waals surface area (Å²) in [5.74, 6) is 0.948. The second kappa shape index (κ2) is 9.52. The second-order valence-corrected chi connectivity index (χ2v) is 7.50. The smallest absolute Gasteiger partial charge is 0.230 e. The van der Waals surface area contributed by atoms with E-state index in [1.54, 1.807) is 7.11 Å². The monoisotopic (exact) mass is 396 g/mol. The number of aromatic nitrogens is 3. The fraction of sp³-hybridized carbons (Fsp3) is 0.286. The number of thioether (sulfide) groups is 1. The Balaban J connectivity index is 1.87. The van der Waals surface area contributed by atoms with Gasteiger partial charge in [0.2, 0.25) is 5.91 Å². The molecule has 146 valence electrons. The number of hydrogen-bond acceptors (Lipinski definition) is 5. The lowest BCUT2D eigenvalue weighted by atomic mass is 10.2. The maximum atomic E-state index is 12.2. The van der Waals surface area contributed by atoms with Gasteiger partial charge in [0.15, 0.2) is 11.0 Å². The number of ether oxygens (including phenoxy) is 1. The Hall–Kier alpha value is -2.64. The van der Waals surface area contributed by atoms with Gasteiger partial charge >= 0.3 is 0 Å². The molecule has 0 bridgehead atoms. The van der Waals surface area contributed by atoms with Crippen molar-refractivity contribution in [2.75, 3.05) is 19.5 Å². The first-order chi connectivity index (χ1) is 13.6. The van der Waals surface area contributed by atoms with Crippen molar-refractivity contribution in [3.8, 4) is 17.1 Å². The summed E-state index contributed by atoms with van der Waals surface area (Å²) < 4.78 is 7.06. The molecule has 28 heavy (non-hydrogen) atoms. The van der Waals surface area contributed by atoms with E-state index in [2.05, 4.69) is 21.6 Å². The molecule has 1 heterocycles. The zero-order chi connectivity index (χ0) is 19.9. The van der Waals surface area contributed by atoms with Crippen LogP contribution >= 0.6 is 11.8 Å². The van der Waals surface area contributed by atoms with Gasteiger partial charge in [0, 0.05) is 24.4 Å². The number of carbonyl (C=O) groups is 1. The zero-order valence-corrected chi connectivity index (χ0v) is 17.1. The van der Waals surface area contributed by atoms with Crippen molar-refractivity contribution in [3.63, 3.8) is 0 Å². The number of aryl methyl sites for hydroxylation is 1. The third-order valence-corrected chi connectivity index (χ3v) is 5.01. The first kappa shape index (κ1) is 20.1. The van der Waals surface area contributed by atoms with E-state index in [0.717, 1.165) is 22.6 Å². The Labute approximate surface area is 169 Å². The molecule has 0 aliphatic heterocycles. The molecule has 3 rings (SSSR count). The first-order valence-electron chi connectivity index (χ1n) is 9.07. The van der Waals surface area contributed by atoms with E-state index in [-0.39, 0.29) is 17.7 Å². The Morgan fingerprint density at radius 3 is 2.68 bits per heavy atom. The lowest BCUT2D eigenvalue weighted by Crippen LogP contribution is -2.36. The normalized spacial score (nSPS) is 12.0. The number of amides is 1. The summed E-state index contributed by atoms with van der Waals surface area (Å²) in [5.41, 5.74) is 3.09. The van der Waals surface area contributed by atoms with E-state index < -0.39 is 0 Å². The number of carbonyl (C=O) groups excluding carboxylic acids is 1. The lowest BCUT2D eigenvalue weighted by molar-refractivity contribution is -0.119. The summed E-state index contributed by atoms with van der Waals surface area (Å²) in [6, 6.07) is 18.1. The fourth-order valence-electron chi connectivity index (χ4n) is 2.88. The Bertz CT molecular complexity index is 927. The van der Waals surface area contributed by atoms with Crippen LogP contribution in [0.5, 0.6) is 0 Å². The fourth-order valence-corrected chi connectivity index (χ4v) is 3.64. The van der Waals surface area contributed by atoms with Crippen molar-refractivity contribution >= 4 is 17.7 Å². The molecule has 0 saturated carbocycles. The molecule has 0 saturated heterocycles. The minimum absolute atomic E-state index is 0.0346. The van der Waals surface area contributed by atoms with E-state index in [0.29, 0.717) is 11.8 Å². The molecule has 0 aliphatic rings. The van der Waals surface area contributed by atoms with Gasteiger partial charge in [-0.15, -0.1) is 10.2 Å². The highest BCUT2D eigenvalue weighted by Gasteiger charge is 2.17. The van der Waals surface area contributed by atoms with Gasteiger partial charge in [-0.2, -0.15) is 0 Å². The van der Waals surface area contributed by atoms with Gasteiger partial charge in [-0.3, -0.25) is 9.36 Å². The van der Waals surface area contributed by atoms with Gasteiger partial charge in [-0.05, 0) is 31.5 Å². The van der Waals surface area contributed by atoms with Gasteiger partial charge in [-0.1, -0.05) is 54.2 Å². The van der Waals surface area contributed by atoms with Crippen molar-refractivity contribution in [1.29, 1.82) is 0 Å². The quantitative estimate of drug-likeness (QED) is 0.590. The Kier molecular flexibility index (Phi) is 6.84. The summed E-state index contributed by atoms with van der Waals surface area (Å²) in [4.78, 5) is 12.2. The average molecular weight is 397 g/mol. The van der Waals surface area contributed by atoms with Crippen LogP contribution in [0, 0.1) is 6.92 Å². The second-order valence-electron chi connectivity index (χ2n) is 6.56. The first-order valence-corrected chi connectivity index (χ1v) is 10.1. The molecule has 0 spiro atoms. The largest absolute Gasteiger partial charge is 0.383 e. The molecule has 3 aromatic rings. The molecular formula is C21H24N4O2S. The Morgan fingerprint density at radius 2 is 1.96 bits per heavy atom. The number of nitrogens with one attached hydrogen (secondary N) is 1. The zero-order valence-electron chi connectivity index (χ0n) is 16.3. The van der Waals surface area contributed by atoms with Crippen LogP contribution in [0.4, 0.5) is 0 Å². The third-order valence-electron chi connectivity index (χ3n) is 4.08. The summed E-state index contributed by atoms with van der Waals surface area (Å²) in [6.07, 6.45) is 0. The predicted molar refractivity (Wildman–Crippen MR) is 112 cm³/mol. The van der Waals surface area contributed by atoms with E-state index in [9.17, 15) is 4.79 Å². The number of benzene rings is 2. The maximum absolute atomic E-state index is 12.2. The third kappa shape index (κ3) is 4.99. The van der Waals surface area contributed by atoms with Crippen molar-refractivity contribution in [2.45, 2.75) is 25.0 Å². The van der Waals surface area contributed by atoms with E-state index in [4.69, 9.17) is 4.74 Å². The molecule has 1 aromatic heterocycles. The van der Waals surface area contributed by atoms with Crippen LogP contribution in [-0.4, -0.2) is 46.2 Å². The van der Waals surface area contributed by atoms with E-state index in [1.807, 2.05) is 66.9 Å². The summed E-state index contributed by atoms with van der Waals surface area (Å²) in [7, 11) is 1.62. The summed E-state index contributed by atoms with van der Waals surface area (Å²) in [5, 5.41) is 12.4. The SMILES string of the molecule is COCC(C)NC(=O)CSc1nnc(-c2ccccc2)n1-c1cccc(C)c1. The van der Waals surface area contributed by atoms with Crippen LogP contribution in [-0.2, 0) is 9.53 Å². The maximum Gasteiger partial charge on any atom is 0.230 e. The van der Waals surface area contributed by atoms with Crippen LogP contribution in [0.25, 0.3) is 17.1 Å². The number of rotatable bonds is 8. The molecule has 2 aromatic carbocycles. The molecular weight excluding hydrogens is 372 g/mol. The molecule has 0 radical (unpaired) electrons. The minimum Gasteiger partial charge on any atom is -0.383 e. The highest BCUT2D eigenvalue weighted by Crippen LogP contribution is 2.28. The Morgan fingerprint density at radius 1 is 1.18 bits per heavy atom. The van der Waals surface area contributed by atoms with Crippen molar-refractivity contribution in [3.05, 3.63) is 60.2 Å². The highest BCUT2D eigenvalue weighted by molar-refractivity contribution is 7.99. The van der Waals surface area contributed by atoms with Gasteiger partial charge in [0.25, 0.3) is 0 Å². The summed E-state index contributed by atoms with van der Waals surface area (Å²) >= 11 is 1.37. The molecule has 7 heteroatoms. The average Bonchev–Trinajstić information content (AvgIpc) is 3.11. The van der Waals surface area contributed by atoms with Gasteiger partial charge in [-0.25, -0.2) is 0 Å². The van der Waals surface area contributed by atoms with Gasteiger partial charge < -0.3 is 10.1 Å². The van der Waals surface area contributed by atoms with Crippen LogP contribution in [0.3, 0.4) is 0 Å². The number of hydrogen-bond donors (Lipinski definition) is 1. The molecule has 6 nitrogen and oxygen atoms in total. The highest BCUT2D eigenvalue weighted by atomic mass is 32.2. The number of methoxy groups -OCH3 is 1. The molecule has 1 unspecified atom stereocenters.